The van der Waals surface area contributed by atoms with Crippen LogP contribution in [0.2, 0.25) is 0 Å². The normalized spacial score (nSPS) is 15.9. The van der Waals surface area contributed by atoms with E-state index in [1.807, 2.05) is 31.3 Å². The maximum absolute atomic E-state index is 12.4. The van der Waals surface area contributed by atoms with Crippen molar-refractivity contribution in [3.63, 3.8) is 0 Å². The van der Waals surface area contributed by atoms with Crippen LogP contribution in [0.5, 0.6) is 5.75 Å². The van der Waals surface area contributed by atoms with Gasteiger partial charge in [0.25, 0.3) is 0 Å². The molecule has 3 atom stereocenters. The van der Waals surface area contributed by atoms with Gasteiger partial charge in [0.2, 0.25) is 0 Å². The van der Waals surface area contributed by atoms with Crippen LogP contribution in [0, 0.1) is 5.92 Å². The average molecular weight is 297 g/mol. The molecule has 0 saturated heterocycles. The Balaban J connectivity index is 2.75. The number of hydrogen-bond donors (Lipinski definition) is 1. The van der Waals surface area contributed by atoms with Gasteiger partial charge in [0, 0.05) is 22.6 Å². The van der Waals surface area contributed by atoms with Crippen LogP contribution < -0.4 is 10.1 Å². The molecular formula is C16H27NO2S. The molecule has 0 spiro atoms. The Kier molecular flexibility index (Phi) is 7.24. The van der Waals surface area contributed by atoms with Gasteiger partial charge >= 0.3 is 0 Å². The van der Waals surface area contributed by atoms with Gasteiger partial charge in [-0.15, -0.1) is 0 Å². The number of nitrogens with one attached hydrogen (secondary N) is 1. The molecule has 3 unspecified atom stereocenters. The Hall–Kier alpha value is -0.870. The first kappa shape index (κ1) is 17.2. The zero-order valence-corrected chi connectivity index (χ0v) is 14.0. The molecule has 20 heavy (non-hydrogen) atoms. The van der Waals surface area contributed by atoms with Crippen LogP contribution in [0.1, 0.15) is 38.8 Å². The molecule has 0 fully saturated rings. The van der Waals surface area contributed by atoms with Crippen LogP contribution in [0.3, 0.4) is 0 Å². The van der Waals surface area contributed by atoms with Gasteiger partial charge in [-0.05, 0) is 44.0 Å². The van der Waals surface area contributed by atoms with E-state index in [4.69, 9.17) is 4.74 Å². The zero-order chi connectivity index (χ0) is 15.1. The molecule has 0 aliphatic rings. The zero-order valence-electron chi connectivity index (χ0n) is 13.2. The molecular weight excluding hydrogens is 270 g/mol. The van der Waals surface area contributed by atoms with Crippen molar-refractivity contribution in [3.8, 4) is 5.75 Å². The largest absolute Gasteiger partial charge is 0.497 e. The number of rotatable bonds is 8. The monoisotopic (exact) mass is 297 g/mol. The van der Waals surface area contributed by atoms with Crippen molar-refractivity contribution in [1.82, 2.24) is 5.32 Å². The second-order valence-electron chi connectivity index (χ2n) is 5.51. The average Bonchev–Trinajstić information content (AvgIpc) is 2.46. The third kappa shape index (κ3) is 4.91. The van der Waals surface area contributed by atoms with E-state index in [0.29, 0.717) is 5.92 Å². The molecule has 4 heteroatoms. The fourth-order valence-corrected chi connectivity index (χ4v) is 3.85. The third-order valence-corrected chi connectivity index (χ3v) is 5.31. The predicted octanol–water partition coefficient (Wildman–Crippen LogP) is 3.14. The summed E-state index contributed by atoms with van der Waals surface area (Å²) in [5.41, 5.74) is 1.15. The van der Waals surface area contributed by atoms with Gasteiger partial charge < -0.3 is 10.1 Å². The van der Waals surface area contributed by atoms with E-state index in [1.54, 1.807) is 7.11 Å². The van der Waals surface area contributed by atoms with Crippen molar-refractivity contribution < 1.29 is 8.95 Å². The van der Waals surface area contributed by atoms with Gasteiger partial charge in [-0.3, -0.25) is 4.21 Å². The highest BCUT2D eigenvalue weighted by Crippen LogP contribution is 2.23. The Bertz CT molecular complexity index is 417. The highest BCUT2D eigenvalue weighted by Gasteiger charge is 2.23. The van der Waals surface area contributed by atoms with Gasteiger partial charge in [-0.2, -0.15) is 0 Å². The first-order chi connectivity index (χ1) is 9.49. The van der Waals surface area contributed by atoms with Crippen LogP contribution in [0.25, 0.3) is 0 Å². The molecule has 1 rings (SSSR count). The van der Waals surface area contributed by atoms with Crippen LogP contribution >= 0.6 is 0 Å². The Morgan fingerprint density at radius 1 is 1.20 bits per heavy atom. The Labute approximate surface area is 125 Å². The molecule has 0 radical (unpaired) electrons. The number of methoxy groups -OCH3 is 1. The smallest absolute Gasteiger partial charge is 0.118 e. The quantitative estimate of drug-likeness (QED) is 0.801. The molecule has 0 aliphatic carbocycles. The van der Waals surface area contributed by atoms with Crippen molar-refractivity contribution in [1.29, 1.82) is 0 Å². The summed E-state index contributed by atoms with van der Waals surface area (Å²) in [5, 5.41) is 3.38. The summed E-state index contributed by atoms with van der Waals surface area (Å²) in [6, 6.07) is 8.08. The lowest BCUT2D eigenvalue weighted by Gasteiger charge is -2.24. The van der Waals surface area contributed by atoms with E-state index < -0.39 is 10.8 Å². The van der Waals surface area contributed by atoms with E-state index in [9.17, 15) is 4.21 Å². The standard InChI is InChI=1S/C16H27NO2S/c1-12(2)10-11-20(18)13(3)16(17-4)14-6-8-15(19-5)9-7-14/h6-9,12-13,16-17H,10-11H2,1-5H3. The van der Waals surface area contributed by atoms with E-state index >= 15 is 0 Å². The topological polar surface area (TPSA) is 38.3 Å². The highest BCUT2D eigenvalue weighted by molar-refractivity contribution is 7.85. The van der Waals surface area contributed by atoms with Crippen LogP contribution in [0.4, 0.5) is 0 Å². The lowest BCUT2D eigenvalue weighted by atomic mass is 10.0. The minimum atomic E-state index is -0.817. The van der Waals surface area contributed by atoms with E-state index in [0.717, 1.165) is 23.5 Å². The molecule has 1 aromatic rings. The van der Waals surface area contributed by atoms with Crippen molar-refractivity contribution in [2.45, 2.75) is 38.5 Å². The summed E-state index contributed by atoms with van der Waals surface area (Å²) in [7, 11) is 2.77. The SMILES string of the molecule is CNC(c1ccc(OC)cc1)C(C)S(=O)CCC(C)C. The minimum absolute atomic E-state index is 0.0899. The van der Waals surface area contributed by atoms with Crippen molar-refractivity contribution in [2.24, 2.45) is 5.92 Å². The first-order valence-electron chi connectivity index (χ1n) is 7.18. The summed E-state index contributed by atoms with van der Waals surface area (Å²) < 4.78 is 17.6. The highest BCUT2D eigenvalue weighted by atomic mass is 32.2. The molecule has 3 nitrogen and oxygen atoms in total. The molecule has 114 valence electrons. The molecule has 0 bridgehead atoms. The summed E-state index contributed by atoms with van der Waals surface area (Å²) in [6.07, 6.45) is 1.01. The molecule has 0 amide bonds. The van der Waals surface area contributed by atoms with E-state index in [1.165, 1.54) is 0 Å². The summed E-state index contributed by atoms with van der Waals surface area (Å²) in [6.45, 7) is 6.39. The van der Waals surface area contributed by atoms with E-state index in [2.05, 4.69) is 26.1 Å². The van der Waals surface area contributed by atoms with Gasteiger partial charge in [-0.25, -0.2) is 0 Å². The van der Waals surface area contributed by atoms with Crippen LogP contribution in [-0.2, 0) is 10.8 Å². The maximum Gasteiger partial charge on any atom is 0.118 e. The lowest BCUT2D eigenvalue weighted by molar-refractivity contribution is 0.414. The van der Waals surface area contributed by atoms with Gasteiger partial charge in [-0.1, -0.05) is 26.0 Å². The molecule has 0 aromatic heterocycles. The summed E-state index contributed by atoms with van der Waals surface area (Å²) in [4.78, 5) is 0. The van der Waals surface area contributed by atoms with Gasteiger partial charge in [0.1, 0.15) is 5.75 Å². The predicted molar refractivity (Wildman–Crippen MR) is 86.7 cm³/mol. The summed E-state index contributed by atoms with van der Waals surface area (Å²) in [5.74, 6) is 2.21. The molecule has 0 aliphatic heterocycles. The summed E-state index contributed by atoms with van der Waals surface area (Å²) >= 11 is 0. The Morgan fingerprint density at radius 2 is 1.80 bits per heavy atom. The second kappa shape index (κ2) is 8.42. The van der Waals surface area contributed by atoms with Gasteiger partial charge in [0.15, 0.2) is 0 Å². The van der Waals surface area contributed by atoms with Crippen LogP contribution in [-0.4, -0.2) is 29.4 Å². The van der Waals surface area contributed by atoms with Crippen molar-refractivity contribution in [2.75, 3.05) is 19.9 Å². The minimum Gasteiger partial charge on any atom is -0.497 e. The first-order valence-corrected chi connectivity index (χ1v) is 8.56. The molecule has 1 N–H and O–H groups in total. The fraction of sp³-hybridized carbons (Fsp3) is 0.625. The lowest BCUT2D eigenvalue weighted by Crippen LogP contribution is -2.31. The Morgan fingerprint density at radius 3 is 2.25 bits per heavy atom. The number of benzene rings is 1. The van der Waals surface area contributed by atoms with Crippen molar-refractivity contribution in [3.05, 3.63) is 29.8 Å². The maximum atomic E-state index is 12.4. The van der Waals surface area contributed by atoms with Crippen molar-refractivity contribution >= 4 is 10.8 Å². The number of hydrogen-bond acceptors (Lipinski definition) is 3. The molecule has 0 saturated carbocycles. The van der Waals surface area contributed by atoms with Gasteiger partial charge in [0.05, 0.1) is 12.4 Å². The van der Waals surface area contributed by atoms with Crippen LogP contribution in [0.15, 0.2) is 24.3 Å². The fourth-order valence-electron chi connectivity index (χ4n) is 2.17. The molecule has 1 aromatic carbocycles. The second-order valence-corrected chi connectivity index (χ2v) is 7.43. The van der Waals surface area contributed by atoms with E-state index in [-0.39, 0.29) is 11.3 Å². The molecule has 0 heterocycles. The number of ether oxygens (including phenoxy) is 1. The third-order valence-electron chi connectivity index (χ3n) is 3.57.